The Morgan fingerprint density at radius 3 is 2.50 bits per heavy atom. The minimum absolute atomic E-state index is 0.0619. The molecular weight excluding hydrogens is 416 g/mol. The molecule has 2 heterocycles. The predicted octanol–water partition coefficient (Wildman–Crippen LogP) is 4.28. The van der Waals surface area contributed by atoms with Crippen molar-refractivity contribution >= 4 is 43.2 Å². The molecule has 0 aliphatic heterocycles. The van der Waals surface area contributed by atoms with E-state index in [1.807, 2.05) is 24.3 Å². The fourth-order valence-electron chi connectivity index (χ4n) is 1.97. The number of sulfonamides is 1. The van der Waals surface area contributed by atoms with Crippen LogP contribution in [0.5, 0.6) is 5.75 Å². The van der Waals surface area contributed by atoms with E-state index in [4.69, 9.17) is 9.26 Å². The molecule has 0 spiro atoms. The quantitative estimate of drug-likeness (QED) is 0.655. The van der Waals surface area contributed by atoms with Crippen molar-refractivity contribution in [2.24, 2.45) is 0 Å². The summed E-state index contributed by atoms with van der Waals surface area (Å²) < 4.78 is 38.1. The molecule has 3 rings (SSSR count). The van der Waals surface area contributed by atoms with E-state index >= 15 is 0 Å². The number of ether oxygens (including phenoxy) is 1. The number of hydrogen-bond donors (Lipinski definition) is 1. The zero-order valence-electron chi connectivity index (χ0n) is 12.7. The lowest BCUT2D eigenvalue weighted by molar-refractivity contribution is 0.415. The Morgan fingerprint density at radius 2 is 1.92 bits per heavy atom. The molecular formula is C15H13BrN2O4S2. The van der Waals surface area contributed by atoms with E-state index in [1.54, 1.807) is 26.2 Å². The largest absolute Gasteiger partial charge is 0.497 e. The van der Waals surface area contributed by atoms with Gasteiger partial charge in [-0.3, -0.25) is 0 Å². The van der Waals surface area contributed by atoms with E-state index in [0.29, 0.717) is 10.2 Å². The van der Waals surface area contributed by atoms with Crippen molar-refractivity contribution < 1.29 is 17.7 Å². The van der Waals surface area contributed by atoms with Crippen molar-refractivity contribution in [2.45, 2.75) is 11.1 Å². The third-order valence-electron chi connectivity index (χ3n) is 3.24. The van der Waals surface area contributed by atoms with Crippen LogP contribution in [0.3, 0.4) is 0 Å². The number of aryl methyl sites for hydroxylation is 1. The molecule has 0 saturated carbocycles. The van der Waals surface area contributed by atoms with Gasteiger partial charge >= 0.3 is 0 Å². The molecule has 2 aromatic heterocycles. The van der Waals surface area contributed by atoms with Gasteiger partial charge in [-0.05, 0) is 64.8 Å². The van der Waals surface area contributed by atoms with Crippen molar-refractivity contribution in [3.05, 3.63) is 46.6 Å². The van der Waals surface area contributed by atoms with Gasteiger partial charge in [0.1, 0.15) is 14.4 Å². The maximum atomic E-state index is 12.5. The number of thiophene rings is 1. The molecule has 1 N–H and O–H groups in total. The topological polar surface area (TPSA) is 81.4 Å². The molecule has 9 heteroatoms. The van der Waals surface area contributed by atoms with Crippen molar-refractivity contribution in [2.75, 3.05) is 11.8 Å². The van der Waals surface area contributed by atoms with Crippen LogP contribution in [0.25, 0.3) is 10.4 Å². The average Bonchev–Trinajstić information content (AvgIpc) is 3.18. The van der Waals surface area contributed by atoms with Gasteiger partial charge in [0.25, 0.3) is 15.9 Å². The summed E-state index contributed by atoms with van der Waals surface area (Å²) in [4.78, 5) is 0.839. The van der Waals surface area contributed by atoms with Crippen molar-refractivity contribution in [1.29, 1.82) is 0 Å². The molecule has 0 atom stereocenters. The van der Waals surface area contributed by atoms with Crippen LogP contribution >= 0.6 is 27.3 Å². The Bertz CT molecular complexity index is 962. The molecule has 126 valence electrons. The Hall–Kier alpha value is -1.84. The molecule has 1 aromatic carbocycles. The monoisotopic (exact) mass is 428 g/mol. The van der Waals surface area contributed by atoms with E-state index in [2.05, 4.69) is 25.8 Å². The molecule has 0 amide bonds. The molecule has 0 radical (unpaired) electrons. The van der Waals surface area contributed by atoms with Crippen LogP contribution in [-0.4, -0.2) is 20.7 Å². The summed E-state index contributed by atoms with van der Waals surface area (Å²) in [6.45, 7) is 1.71. The number of aromatic nitrogens is 1. The predicted molar refractivity (Wildman–Crippen MR) is 96.1 cm³/mol. The summed E-state index contributed by atoms with van der Waals surface area (Å²) in [5.74, 6) is 0.808. The normalized spacial score (nSPS) is 11.5. The fraction of sp³-hybridized carbons (Fsp3) is 0.133. The minimum atomic E-state index is -3.74. The fourth-order valence-corrected chi connectivity index (χ4v) is 4.65. The molecule has 0 saturated heterocycles. The number of rotatable bonds is 5. The highest BCUT2D eigenvalue weighted by Gasteiger charge is 2.22. The highest BCUT2D eigenvalue weighted by molar-refractivity contribution is 9.10. The smallest absolute Gasteiger partial charge is 0.273 e. The number of benzene rings is 1. The zero-order chi connectivity index (χ0) is 17.3. The maximum Gasteiger partial charge on any atom is 0.273 e. The van der Waals surface area contributed by atoms with Gasteiger partial charge in [-0.25, -0.2) is 13.1 Å². The summed E-state index contributed by atoms with van der Waals surface area (Å²) >= 11 is 4.41. The number of halogens is 1. The zero-order valence-corrected chi connectivity index (χ0v) is 16.0. The van der Waals surface area contributed by atoms with Gasteiger partial charge in [0.15, 0.2) is 0 Å². The highest BCUT2D eigenvalue weighted by Crippen LogP contribution is 2.34. The van der Waals surface area contributed by atoms with Crippen LogP contribution in [0.1, 0.15) is 5.69 Å². The van der Waals surface area contributed by atoms with Gasteiger partial charge < -0.3 is 9.26 Å². The van der Waals surface area contributed by atoms with Crippen molar-refractivity contribution in [3.8, 4) is 16.2 Å². The van der Waals surface area contributed by atoms with E-state index in [1.165, 1.54) is 11.3 Å². The first kappa shape index (κ1) is 17.0. The first-order chi connectivity index (χ1) is 11.4. The van der Waals surface area contributed by atoms with Crippen LogP contribution in [-0.2, 0) is 10.0 Å². The van der Waals surface area contributed by atoms with Gasteiger partial charge in [-0.15, -0.1) is 11.3 Å². The summed E-state index contributed by atoms with van der Waals surface area (Å²) in [6.07, 6.45) is 0. The van der Waals surface area contributed by atoms with Crippen LogP contribution in [0.2, 0.25) is 0 Å². The van der Waals surface area contributed by atoms with E-state index < -0.39 is 10.0 Å². The van der Waals surface area contributed by atoms with E-state index in [0.717, 1.165) is 16.2 Å². The number of nitrogens with zero attached hydrogens (tertiary/aromatic N) is 1. The average molecular weight is 429 g/mol. The Balaban J connectivity index is 1.87. The Labute approximate surface area is 151 Å². The van der Waals surface area contributed by atoms with E-state index in [9.17, 15) is 8.42 Å². The van der Waals surface area contributed by atoms with Crippen LogP contribution in [0.15, 0.2) is 49.6 Å². The standard InChI is InChI=1S/C15H13BrN2O4S2/c1-9-14(16)15(22-17-9)18-24(19,20)13-8-7-12(23-13)10-3-5-11(21-2)6-4-10/h3-8,18H,1-2H3. The lowest BCUT2D eigenvalue weighted by atomic mass is 10.2. The molecule has 0 unspecified atom stereocenters. The third-order valence-corrected chi connectivity index (χ3v) is 7.13. The third kappa shape index (κ3) is 3.33. The van der Waals surface area contributed by atoms with Crippen LogP contribution in [0.4, 0.5) is 5.88 Å². The first-order valence-electron chi connectivity index (χ1n) is 6.79. The second-order valence-corrected chi connectivity index (χ2v) is 8.65. The van der Waals surface area contributed by atoms with Crippen LogP contribution in [0, 0.1) is 6.92 Å². The highest BCUT2D eigenvalue weighted by atomic mass is 79.9. The van der Waals surface area contributed by atoms with Gasteiger partial charge in [0, 0.05) is 4.88 Å². The van der Waals surface area contributed by atoms with Crippen molar-refractivity contribution in [3.63, 3.8) is 0 Å². The number of nitrogens with one attached hydrogen (secondary N) is 1. The van der Waals surface area contributed by atoms with Gasteiger partial charge in [-0.2, -0.15) is 0 Å². The Morgan fingerprint density at radius 1 is 1.21 bits per heavy atom. The Kier molecular flexibility index (Phi) is 4.66. The minimum Gasteiger partial charge on any atom is -0.497 e. The second-order valence-electron chi connectivity index (χ2n) is 4.86. The second kappa shape index (κ2) is 6.58. The SMILES string of the molecule is COc1ccc(-c2ccc(S(=O)(=O)Nc3onc(C)c3Br)s2)cc1. The maximum absolute atomic E-state index is 12.5. The molecule has 24 heavy (non-hydrogen) atoms. The van der Waals surface area contributed by atoms with E-state index in [-0.39, 0.29) is 10.1 Å². The summed E-state index contributed by atoms with van der Waals surface area (Å²) in [5.41, 5.74) is 1.48. The molecule has 0 aliphatic carbocycles. The lowest BCUT2D eigenvalue weighted by Crippen LogP contribution is -2.11. The van der Waals surface area contributed by atoms with Gasteiger partial charge in [0.2, 0.25) is 0 Å². The molecule has 0 aliphatic rings. The van der Waals surface area contributed by atoms with Crippen LogP contribution < -0.4 is 9.46 Å². The summed E-state index contributed by atoms with van der Waals surface area (Å²) in [7, 11) is -2.15. The lowest BCUT2D eigenvalue weighted by Gasteiger charge is -2.03. The number of hydrogen-bond acceptors (Lipinski definition) is 6. The molecule has 3 aromatic rings. The number of anilines is 1. The van der Waals surface area contributed by atoms with Gasteiger partial charge in [0.05, 0.1) is 12.8 Å². The van der Waals surface area contributed by atoms with Gasteiger partial charge in [-0.1, -0.05) is 5.16 Å². The molecule has 0 fully saturated rings. The first-order valence-corrected chi connectivity index (χ1v) is 9.89. The number of methoxy groups -OCH3 is 1. The van der Waals surface area contributed by atoms with Crippen molar-refractivity contribution in [1.82, 2.24) is 5.16 Å². The molecule has 0 bridgehead atoms. The molecule has 6 nitrogen and oxygen atoms in total. The summed E-state index contributed by atoms with van der Waals surface area (Å²) in [5, 5.41) is 3.71. The summed E-state index contributed by atoms with van der Waals surface area (Å²) in [6, 6.07) is 10.7.